The zero-order valence-electron chi connectivity index (χ0n) is 8.91. The molecule has 0 bridgehead atoms. The molecule has 0 spiro atoms. The smallest absolute Gasteiger partial charge is 0.241 e. The molecule has 0 saturated carbocycles. The molecule has 1 heterocycles. The Morgan fingerprint density at radius 1 is 1.60 bits per heavy atom. The predicted molar refractivity (Wildman–Crippen MR) is 61.7 cm³/mol. The van der Waals surface area contributed by atoms with Crippen LogP contribution in [0, 0.1) is 6.92 Å². The number of nitrogens with one attached hydrogen (secondary N) is 1. The van der Waals surface area contributed by atoms with Crippen LogP contribution in [-0.4, -0.2) is 41.4 Å². The Kier molecular flexibility index (Phi) is 4.02. The maximum absolute atomic E-state index is 11.3. The topological polar surface area (TPSA) is 58.1 Å². The molecule has 0 aliphatic carbocycles. The summed E-state index contributed by atoms with van der Waals surface area (Å²) in [4.78, 5) is 21.0. The molecule has 0 unspecified atom stereocenters. The minimum atomic E-state index is -0.0147. The van der Waals surface area contributed by atoms with Gasteiger partial charge in [0.2, 0.25) is 11.9 Å². The lowest BCUT2D eigenvalue weighted by Gasteiger charge is -2.10. The van der Waals surface area contributed by atoms with E-state index >= 15 is 0 Å². The maximum atomic E-state index is 11.3. The number of halogens is 1. The van der Waals surface area contributed by atoms with E-state index in [-0.39, 0.29) is 12.5 Å². The summed E-state index contributed by atoms with van der Waals surface area (Å²) < 4.78 is 0.854. The first-order valence-corrected chi connectivity index (χ1v) is 5.23. The van der Waals surface area contributed by atoms with Gasteiger partial charge < -0.3 is 10.2 Å². The second kappa shape index (κ2) is 5.06. The van der Waals surface area contributed by atoms with Gasteiger partial charge in [0.05, 0.1) is 16.7 Å². The molecule has 0 saturated heterocycles. The number of anilines is 1. The first kappa shape index (κ1) is 11.9. The number of amides is 1. The molecule has 82 valence electrons. The quantitative estimate of drug-likeness (QED) is 0.894. The van der Waals surface area contributed by atoms with E-state index in [9.17, 15) is 4.79 Å². The van der Waals surface area contributed by atoms with Gasteiger partial charge in [0.25, 0.3) is 0 Å². The largest absolute Gasteiger partial charge is 0.347 e. The Morgan fingerprint density at radius 2 is 2.27 bits per heavy atom. The molecule has 1 aromatic rings. The third-order valence-corrected chi connectivity index (χ3v) is 2.59. The van der Waals surface area contributed by atoms with Crippen LogP contribution in [0.2, 0.25) is 0 Å². The highest BCUT2D eigenvalue weighted by Gasteiger charge is 2.05. The summed E-state index contributed by atoms with van der Waals surface area (Å²) in [6.45, 7) is 2.07. The van der Waals surface area contributed by atoms with Gasteiger partial charge in [-0.2, -0.15) is 0 Å². The molecule has 0 aliphatic heterocycles. The summed E-state index contributed by atoms with van der Waals surface area (Å²) in [6, 6.07) is 0. The number of aromatic nitrogens is 2. The fraction of sp³-hybridized carbons (Fsp3) is 0.444. The highest BCUT2D eigenvalue weighted by Crippen LogP contribution is 2.12. The first-order valence-electron chi connectivity index (χ1n) is 4.44. The van der Waals surface area contributed by atoms with Crippen LogP contribution in [-0.2, 0) is 4.79 Å². The van der Waals surface area contributed by atoms with Crippen LogP contribution in [0.1, 0.15) is 5.69 Å². The third kappa shape index (κ3) is 3.47. The Labute approximate surface area is 97.0 Å². The number of carbonyl (C=O) groups is 1. The molecule has 6 heteroatoms. The fourth-order valence-electron chi connectivity index (χ4n) is 0.850. The molecule has 1 amide bonds. The number of carbonyl (C=O) groups excluding carboxylic acids is 1. The van der Waals surface area contributed by atoms with Crippen molar-refractivity contribution in [1.29, 1.82) is 0 Å². The lowest BCUT2D eigenvalue weighted by atomic mass is 10.4. The summed E-state index contributed by atoms with van der Waals surface area (Å²) in [5, 5.41) is 2.86. The summed E-state index contributed by atoms with van der Waals surface area (Å²) in [5.41, 5.74) is 0.838. The molecule has 1 rings (SSSR count). The molecule has 0 fully saturated rings. The molecule has 15 heavy (non-hydrogen) atoms. The number of hydrogen-bond donors (Lipinski definition) is 1. The normalized spacial score (nSPS) is 9.87. The molecular formula is C9H13BrN4O. The van der Waals surface area contributed by atoms with E-state index < -0.39 is 0 Å². The van der Waals surface area contributed by atoms with Crippen molar-refractivity contribution < 1.29 is 4.79 Å². The van der Waals surface area contributed by atoms with Crippen molar-refractivity contribution in [1.82, 2.24) is 14.9 Å². The second-order valence-electron chi connectivity index (χ2n) is 3.27. The average molecular weight is 273 g/mol. The second-order valence-corrected chi connectivity index (χ2v) is 4.12. The Bertz CT molecular complexity index is 367. The summed E-state index contributed by atoms with van der Waals surface area (Å²) in [7, 11) is 3.41. The van der Waals surface area contributed by atoms with E-state index in [0.29, 0.717) is 5.95 Å². The van der Waals surface area contributed by atoms with E-state index in [0.717, 1.165) is 10.2 Å². The number of aryl methyl sites for hydroxylation is 1. The zero-order chi connectivity index (χ0) is 11.4. The van der Waals surface area contributed by atoms with Gasteiger partial charge >= 0.3 is 0 Å². The van der Waals surface area contributed by atoms with Crippen LogP contribution in [0.5, 0.6) is 0 Å². The van der Waals surface area contributed by atoms with Crippen molar-refractivity contribution in [3.8, 4) is 0 Å². The molecule has 5 nitrogen and oxygen atoms in total. The lowest BCUT2D eigenvalue weighted by molar-refractivity contribution is -0.126. The van der Waals surface area contributed by atoms with Gasteiger partial charge in [0.15, 0.2) is 0 Å². The van der Waals surface area contributed by atoms with E-state index in [1.54, 1.807) is 20.3 Å². The summed E-state index contributed by atoms with van der Waals surface area (Å²) in [6.07, 6.45) is 1.66. The van der Waals surface area contributed by atoms with Crippen LogP contribution in [0.4, 0.5) is 5.95 Å². The van der Waals surface area contributed by atoms with Crippen LogP contribution >= 0.6 is 15.9 Å². The highest BCUT2D eigenvalue weighted by atomic mass is 79.9. The maximum Gasteiger partial charge on any atom is 0.241 e. The first-order chi connectivity index (χ1) is 7.00. The number of hydrogen-bond acceptors (Lipinski definition) is 4. The number of likely N-dealkylation sites (N-methyl/N-ethyl adjacent to an activating group) is 1. The van der Waals surface area contributed by atoms with E-state index in [1.807, 2.05) is 6.92 Å². The standard InChI is InChI=1S/C9H13BrN4O/c1-6-7(10)4-11-9(13-6)12-5-8(15)14(2)3/h4H,5H2,1-3H3,(H,11,12,13). The van der Waals surface area contributed by atoms with Crippen LogP contribution in [0.15, 0.2) is 10.7 Å². The van der Waals surface area contributed by atoms with Gasteiger partial charge in [-0.05, 0) is 22.9 Å². The number of rotatable bonds is 3. The molecule has 0 aromatic carbocycles. The predicted octanol–water partition coefficient (Wildman–Crippen LogP) is 1.05. The molecular weight excluding hydrogens is 260 g/mol. The number of nitrogens with zero attached hydrogens (tertiary/aromatic N) is 3. The van der Waals surface area contributed by atoms with E-state index in [4.69, 9.17) is 0 Å². The van der Waals surface area contributed by atoms with Crippen molar-refractivity contribution in [3.63, 3.8) is 0 Å². The van der Waals surface area contributed by atoms with Gasteiger partial charge in [-0.15, -0.1) is 0 Å². The lowest BCUT2D eigenvalue weighted by Crippen LogP contribution is -2.29. The van der Waals surface area contributed by atoms with Crippen molar-refractivity contribution in [2.24, 2.45) is 0 Å². The van der Waals surface area contributed by atoms with Gasteiger partial charge in [0, 0.05) is 20.3 Å². The Balaban J connectivity index is 2.58. The molecule has 0 radical (unpaired) electrons. The van der Waals surface area contributed by atoms with Crippen LogP contribution in [0.3, 0.4) is 0 Å². The van der Waals surface area contributed by atoms with Gasteiger partial charge in [0.1, 0.15) is 0 Å². The minimum absolute atomic E-state index is 0.0147. The monoisotopic (exact) mass is 272 g/mol. The van der Waals surface area contributed by atoms with Crippen LogP contribution in [0.25, 0.3) is 0 Å². The van der Waals surface area contributed by atoms with Crippen molar-refractivity contribution >= 4 is 27.8 Å². The van der Waals surface area contributed by atoms with Crippen molar-refractivity contribution in [2.45, 2.75) is 6.92 Å². The summed E-state index contributed by atoms with van der Waals surface area (Å²) >= 11 is 3.30. The van der Waals surface area contributed by atoms with Crippen molar-refractivity contribution in [3.05, 3.63) is 16.4 Å². The molecule has 1 N–H and O–H groups in total. The molecule has 0 atom stereocenters. The fourth-order valence-corrected chi connectivity index (χ4v) is 1.04. The average Bonchev–Trinajstić information content (AvgIpc) is 2.19. The molecule has 0 aliphatic rings. The van der Waals surface area contributed by atoms with Gasteiger partial charge in [-0.1, -0.05) is 0 Å². The Hall–Kier alpha value is -1.17. The zero-order valence-corrected chi connectivity index (χ0v) is 10.5. The minimum Gasteiger partial charge on any atom is -0.347 e. The van der Waals surface area contributed by atoms with Gasteiger partial charge in [-0.25, -0.2) is 9.97 Å². The van der Waals surface area contributed by atoms with E-state index in [2.05, 4.69) is 31.2 Å². The molecule has 1 aromatic heterocycles. The highest BCUT2D eigenvalue weighted by molar-refractivity contribution is 9.10. The Morgan fingerprint density at radius 3 is 2.80 bits per heavy atom. The summed E-state index contributed by atoms with van der Waals surface area (Å²) in [5.74, 6) is 0.449. The van der Waals surface area contributed by atoms with Crippen molar-refractivity contribution in [2.75, 3.05) is 26.0 Å². The van der Waals surface area contributed by atoms with Crippen LogP contribution < -0.4 is 5.32 Å². The van der Waals surface area contributed by atoms with E-state index in [1.165, 1.54) is 4.90 Å². The van der Waals surface area contributed by atoms with Gasteiger partial charge in [-0.3, -0.25) is 4.79 Å². The third-order valence-electron chi connectivity index (χ3n) is 1.82. The SMILES string of the molecule is Cc1nc(NCC(=O)N(C)C)ncc1Br.